The predicted octanol–water partition coefficient (Wildman–Crippen LogP) is 4.85. The highest BCUT2D eigenvalue weighted by atomic mass is 19.1. The number of halogens is 1. The lowest BCUT2D eigenvalue weighted by atomic mass is 9.96. The first-order chi connectivity index (χ1) is 16.5. The van der Waals surface area contributed by atoms with Crippen LogP contribution < -0.4 is 5.32 Å². The fraction of sp³-hybridized carbons (Fsp3) is 0.185. The van der Waals surface area contributed by atoms with E-state index in [1.807, 2.05) is 49.4 Å². The molecule has 0 aliphatic carbocycles. The summed E-state index contributed by atoms with van der Waals surface area (Å²) in [7, 11) is 0. The zero-order valence-electron chi connectivity index (χ0n) is 19.0. The van der Waals surface area contributed by atoms with Gasteiger partial charge in [0.05, 0.1) is 5.52 Å². The molecule has 0 aliphatic rings. The molecule has 2 amide bonds. The van der Waals surface area contributed by atoms with Gasteiger partial charge in [-0.15, -0.1) is 0 Å². The lowest BCUT2D eigenvalue weighted by molar-refractivity contribution is -0.109. The Morgan fingerprint density at radius 3 is 2.74 bits per heavy atom. The minimum Gasteiger partial charge on any atom is -0.357 e. The molecule has 34 heavy (non-hydrogen) atoms. The maximum absolute atomic E-state index is 13.7. The summed E-state index contributed by atoms with van der Waals surface area (Å²) in [6.07, 6.45) is 7.50. The van der Waals surface area contributed by atoms with Gasteiger partial charge in [-0.25, -0.2) is 4.39 Å². The smallest absolute Gasteiger partial charge is 0.253 e. The van der Waals surface area contributed by atoms with Crippen LogP contribution in [0.3, 0.4) is 0 Å². The molecule has 0 bridgehead atoms. The van der Waals surface area contributed by atoms with Gasteiger partial charge in [0, 0.05) is 48.6 Å². The molecule has 6 nitrogen and oxygen atoms in total. The fourth-order valence-corrected chi connectivity index (χ4v) is 3.74. The van der Waals surface area contributed by atoms with Crippen molar-refractivity contribution in [1.29, 1.82) is 5.41 Å². The number of fused-ring (bicyclic) bond motifs is 1. The summed E-state index contributed by atoms with van der Waals surface area (Å²) in [6, 6.07) is 15.5. The molecule has 0 saturated carbocycles. The Morgan fingerprint density at radius 2 is 1.97 bits per heavy atom. The topological polar surface area (TPSA) is 86.2 Å². The van der Waals surface area contributed by atoms with Gasteiger partial charge >= 0.3 is 0 Å². The third-order valence-electron chi connectivity index (χ3n) is 5.38. The van der Waals surface area contributed by atoms with E-state index in [1.165, 1.54) is 18.2 Å². The number of rotatable bonds is 11. The first kappa shape index (κ1) is 24.5. The number of hydrogen-bond acceptors (Lipinski definition) is 4. The summed E-state index contributed by atoms with van der Waals surface area (Å²) >= 11 is 0. The average Bonchev–Trinajstić information content (AvgIpc) is 2.86. The van der Waals surface area contributed by atoms with Crippen LogP contribution in [0.5, 0.6) is 0 Å². The number of carbonyl (C=O) groups is 2. The number of carbonyl (C=O) groups excluding carboxylic acids is 2. The molecule has 1 heterocycles. The highest BCUT2D eigenvalue weighted by molar-refractivity contribution is 5.97. The summed E-state index contributed by atoms with van der Waals surface area (Å²) in [5.41, 5.74) is 4.37. The first-order valence-corrected chi connectivity index (χ1v) is 11.0. The standard InChI is InChI=1S/C27H27FN4O2/c1-20-18-22(11-12-24(20)25-10-2-6-21-7-4-14-31-26(21)25)27(34)32(17-15-30-19-33)16-5-9-23(28)8-3-13-29/h2-4,6-14,18-19,29H,5,15-17H2,1H3,(H,30,33)/b8-3-,23-9-,29-13?. The number of hydrogen-bond donors (Lipinski definition) is 2. The van der Waals surface area contributed by atoms with Crippen molar-refractivity contribution in [2.75, 3.05) is 19.6 Å². The van der Waals surface area contributed by atoms with Gasteiger partial charge in [-0.1, -0.05) is 30.3 Å². The van der Waals surface area contributed by atoms with Gasteiger partial charge < -0.3 is 15.6 Å². The minimum absolute atomic E-state index is 0.192. The van der Waals surface area contributed by atoms with Gasteiger partial charge in [0.1, 0.15) is 5.83 Å². The lowest BCUT2D eigenvalue weighted by Crippen LogP contribution is -2.37. The number of amides is 2. The van der Waals surface area contributed by atoms with Crippen molar-refractivity contribution >= 4 is 29.4 Å². The van der Waals surface area contributed by atoms with Crippen LogP contribution in [0.25, 0.3) is 22.0 Å². The molecule has 0 unspecified atom stereocenters. The van der Waals surface area contributed by atoms with E-state index in [-0.39, 0.29) is 5.91 Å². The Morgan fingerprint density at radius 1 is 1.15 bits per heavy atom. The molecule has 0 radical (unpaired) electrons. The molecule has 0 atom stereocenters. The molecule has 1 aromatic heterocycles. The van der Waals surface area contributed by atoms with E-state index in [0.717, 1.165) is 33.8 Å². The molecular formula is C27H27FN4O2. The van der Waals surface area contributed by atoms with Gasteiger partial charge in [0.25, 0.3) is 5.91 Å². The third kappa shape index (κ3) is 6.22. The van der Waals surface area contributed by atoms with Crippen molar-refractivity contribution in [2.45, 2.75) is 13.3 Å². The van der Waals surface area contributed by atoms with Gasteiger partial charge in [-0.05, 0) is 60.9 Å². The number of nitrogens with one attached hydrogen (secondary N) is 2. The van der Waals surface area contributed by atoms with Crippen LogP contribution in [-0.2, 0) is 4.79 Å². The quantitative estimate of drug-likeness (QED) is 0.186. The molecule has 174 valence electrons. The second-order valence-corrected chi connectivity index (χ2v) is 7.68. The molecule has 0 spiro atoms. The molecular weight excluding hydrogens is 431 g/mol. The van der Waals surface area contributed by atoms with E-state index in [4.69, 9.17) is 5.41 Å². The zero-order valence-corrected chi connectivity index (χ0v) is 19.0. The molecule has 3 rings (SSSR count). The van der Waals surface area contributed by atoms with Crippen molar-refractivity contribution in [3.63, 3.8) is 0 Å². The summed E-state index contributed by atoms with van der Waals surface area (Å²) < 4.78 is 13.7. The number of nitrogens with zero attached hydrogens (tertiary/aromatic N) is 2. The first-order valence-electron chi connectivity index (χ1n) is 11.0. The predicted molar refractivity (Wildman–Crippen MR) is 134 cm³/mol. The normalized spacial score (nSPS) is 11.5. The molecule has 0 saturated heterocycles. The highest BCUT2D eigenvalue weighted by Crippen LogP contribution is 2.30. The van der Waals surface area contributed by atoms with Crippen molar-refractivity contribution < 1.29 is 14.0 Å². The van der Waals surface area contributed by atoms with Crippen LogP contribution >= 0.6 is 0 Å². The van der Waals surface area contributed by atoms with Crippen molar-refractivity contribution in [3.05, 3.63) is 89.9 Å². The number of allylic oxidation sites excluding steroid dienone is 3. The zero-order chi connectivity index (χ0) is 24.3. The van der Waals surface area contributed by atoms with Crippen molar-refractivity contribution in [1.82, 2.24) is 15.2 Å². The number of aromatic nitrogens is 1. The van der Waals surface area contributed by atoms with Crippen LogP contribution in [0.2, 0.25) is 0 Å². The Bertz CT molecular complexity index is 1230. The fourth-order valence-electron chi connectivity index (χ4n) is 3.74. The third-order valence-corrected chi connectivity index (χ3v) is 5.38. The van der Waals surface area contributed by atoms with Crippen LogP contribution in [-0.4, -0.2) is 48.1 Å². The van der Waals surface area contributed by atoms with Crippen LogP contribution in [0, 0.1) is 12.3 Å². The molecule has 7 heteroatoms. The van der Waals surface area contributed by atoms with E-state index >= 15 is 0 Å². The molecule has 2 N–H and O–H groups in total. The Labute approximate surface area is 198 Å². The molecule has 0 fully saturated rings. The molecule has 3 aromatic rings. The highest BCUT2D eigenvalue weighted by Gasteiger charge is 2.17. The maximum Gasteiger partial charge on any atom is 0.253 e. The van der Waals surface area contributed by atoms with Crippen molar-refractivity contribution in [2.24, 2.45) is 0 Å². The summed E-state index contributed by atoms with van der Waals surface area (Å²) in [6.45, 7) is 2.85. The van der Waals surface area contributed by atoms with Gasteiger partial charge in [-0.2, -0.15) is 0 Å². The van der Waals surface area contributed by atoms with E-state index in [2.05, 4.69) is 10.3 Å². The summed E-state index contributed by atoms with van der Waals surface area (Å²) in [5, 5.41) is 10.5. The molecule has 2 aromatic carbocycles. The Kier molecular flexibility index (Phi) is 8.80. The average molecular weight is 459 g/mol. The SMILES string of the molecule is Cc1cc(C(=O)N(CC/C=C(F)/C=C\C=N)CCNC=O)ccc1-c1cccc2cccnc12. The maximum atomic E-state index is 13.7. The van der Waals surface area contributed by atoms with Crippen LogP contribution in [0.15, 0.2) is 78.8 Å². The minimum atomic E-state index is -0.467. The van der Waals surface area contributed by atoms with Gasteiger partial charge in [-0.3, -0.25) is 14.6 Å². The largest absolute Gasteiger partial charge is 0.357 e. The van der Waals surface area contributed by atoms with E-state index < -0.39 is 5.83 Å². The molecule has 0 aliphatic heterocycles. The Hall–Kier alpha value is -4.13. The number of para-hydroxylation sites is 1. The Balaban J connectivity index is 1.83. The monoisotopic (exact) mass is 458 g/mol. The number of benzene rings is 2. The van der Waals surface area contributed by atoms with E-state index in [1.54, 1.807) is 17.2 Å². The number of aryl methyl sites for hydroxylation is 1. The van der Waals surface area contributed by atoms with E-state index in [0.29, 0.717) is 38.0 Å². The second kappa shape index (κ2) is 12.2. The van der Waals surface area contributed by atoms with Gasteiger partial charge in [0.2, 0.25) is 6.41 Å². The lowest BCUT2D eigenvalue weighted by Gasteiger charge is -2.22. The van der Waals surface area contributed by atoms with Crippen LogP contribution in [0.4, 0.5) is 4.39 Å². The summed E-state index contributed by atoms with van der Waals surface area (Å²) in [4.78, 5) is 30.0. The van der Waals surface area contributed by atoms with Gasteiger partial charge in [0.15, 0.2) is 0 Å². The van der Waals surface area contributed by atoms with Crippen molar-refractivity contribution in [3.8, 4) is 11.1 Å². The van der Waals surface area contributed by atoms with Crippen LogP contribution in [0.1, 0.15) is 22.3 Å². The summed E-state index contributed by atoms with van der Waals surface area (Å²) in [5.74, 6) is -0.659. The second-order valence-electron chi connectivity index (χ2n) is 7.68. The van der Waals surface area contributed by atoms with E-state index in [9.17, 15) is 14.0 Å². The number of pyridine rings is 1.